The number of ether oxygens (including phenoxy) is 1. The minimum absolute atomic E-state index is 0.148. The second-order valence-corrected chi connectivity index (χ2v) is 5.94. The van der Waals surface area contributed by atoms with Crippen LogP contribution in [0.25, 0.3) is 0 Å². The van der Waals surface area contributed by atoms with Crippen molar-refractivity contribution >= 4 is 23.5 Å². The zero-order chi connectivity index (χ0) is 19.6. The number of benzene rings is 2. The molecule has 0 radical (unpaired) electrons. The summed E-state index contributed by atoms with van der Waals surface area (Å²) in [6.45, 7) is 4.75. The first-order valence-corrected chi connectivity index (χ1v) is 9.02. The standard InChI is InChI=1S/C21H24N2O4/c1-3-5-14-22-19(24)15-6-8-16(9-7-15)20(25)23-18-12-10-17(11-13-18)21(26)27-4-2/h6-13H,3-5,14H2,1-2H3,(H,22,24)(H,23,25). The van der Waals surface area contributed by atoms with Gasteiger partial charge in [-0.05, 0) is 61.9 Å². The van der Waals surface area contributed by atoms with Crippen molar-refractivity contribution in [3.8, 4) is 0 Å². The van der Waals surface area contributed by atoms with Gasteiger partial charge in [-0.3, -0.25) is 9.59 Å². The van der Waals surface area contributed by atoms with Gasteiger partial charge in [0.15, 0.2) is 0 Å². The lowest BCUT2D eigenvalue weighted by Crippen LogP contribution is -2.24. The van der Waals surface area contributed by atoms with Gasteiger partial charge in [-0.15, -0.1) is 0 Å². The third kappa shape index (κ3) is 5.95. The highest BCUT2D eigenvalue weighted by atomic mass is 16.5. The van der Waals surface area contributed by atoms with Crippen molar-refractivity contribution in [3.63, 3.8) is 0 Å². The molecule has 0 saturated carbocycles. The highest BCUT2D eigenvalue weighted by Crippen LogP contribution is 2.13. The monoisotopic (exact) mass is 368 g/mol. The van der Waals surface area contributed by atoms with E-state index in [4.69, 9.17) is 4.74 Å². The van der Waals surface area contributed by atoms with Crippen molar-refractivity contribution in [2.24, 2.45) is 0 Å². The van der Waals surface area contributed by atoms with Crippen molar-refractivity contribution in [1.82, 2.24) is 5.32 Å². The van der Waals surface area contributed by atoms with Crippen molar-refractivity contribution in [2.45, 2.75) is 26.7 Å². The molecule has 0 aliphatic carbocycles. The Hall–Kier alpha value is -3.15. The molecule has 142 valence electrons. The van der Waals surface area contributed by atoms with Crippen LogP contribution in [0, 0.1) is 0 Å². The van der Waals surface area contributed by atoms with Crippen LogP contribution in [0.1, 0.15) is 57.8 Å². The number of carbonyl (C=O) groups excluding carboxylic acids is 3. The number of anilines is 1. The maximum atomic E-state index is 12.3. The van der Waals surface area contributed by atoms with E-state index in [2.05, 4.69) is 17.6 Å². The SMILES string of the molecule is CCCCNC(=O)c1ccc(C(=O)Nc2ccc(C(=O)OCC)cc2)cc1. The molecule has 0 atom stereocenters. The molecule has 27 heavy (non-hydrogen) atoms. The summed E-state index contributed by atoms with van der Waals surface area (Å²) in [5.74, 6) is -0.843. The van der Waals surface area contributed by atoms with Crippen molar-refractivity contribution in [1.29, 1.82) is 0 Å². The maximum absolute atomic E-state index is 12.3. The molecule has 0 aromatic heterocycles. The summed E-state index contributed by atoms with van der Waals surface area (Å²) in [6, 6.07) is 12.9. The lowest BCUT2D eigenvalue weighted by atomic mass is 10.1. The first-order valence-electron chi connectivity index (χ1n) is 9.02. The zero-order valence-corrected chi connectivity index (χ0v) is 15.6. The number of unbranched alkanes of at least 4 members (excludes halogenated alkanes) is 1. The van der Waals surface area contributed by atoms with Crippen LogP contribution in [0.3, 0.4) is 0 Å². The highest BCUT2D eigenvalue weighted by Gasteiger charge is 2.10. The fourth-order valence-electron chi connectivity index (χ4n) is 2.36. The summed E-state index contributed by atoms with van der Waals surface area (Å²) in [5.41, 5.74) is 1.94. The summed E-state index contributed by atoms with van der Waals surface area (Å²) < 4.78 is 4.92. The van der Waals surface area contributed by atoms with Gasteiger partial charge in [0.25, 0.3) is 11.8 Å². The molecule has 6 heteroatoms. The van der Waals surface area contributed by atoms with E-state index in [0.717, 1.165) is 12.8 Å². The topological polar surface area (TPSA) is 84.5 Å². The summed E-state index contributed by atoms with van der Waals surface area (Å²) in [5, 5.41) is 5.59. The van der Waals surface area contributed by atoms with E-state index >= 15 is 0 Å². The second-order valence-electron chi connectivity index (χ2n) is 5.94. The molecule has 2 aromatic rings. The normalized spacial score (nSPS) is 10.1. The van der Waals surface area contributed by atoms with Gasteiger partial charge in [0.2, 0.25) is 0 Å². The quantitative estimate of drug-likeness (QED) is 0.550. The van der Waals surface area contributed by atoms with Crippen molar-refractivity contribution in [2.75, 3.05) is 18.5 Å². The molecule has 0 bridgehead atoms. The fraction of sp³-hybridized carbons (Fsp3) is 0.286. The van der Waals surface area contributed by atoms with Crippen LogP contribution in [0.15, 0.2) is 48.5 Å². The van der Waals surface area contributed by atoms with Crippen molar-refractivity contribution in [3.05, 3.63) is 65.2 Å². The van der Waals surface area contributed by atoms with Gasteiger partial charge in [-0.2, -0.15) is 0 Å². The van der Waals surface area contributed by atoms with E-state index in [1.54, 1.807) is 55.5 Å². The third-order valence-electron chi connectivity index (χ3n) is 3.88. The Bertz CT molecular complexity index is 783. The zero-order valence-electron chi connectivity index (χ0n) is 15.6. The van der Waals surface area contributed by atoms with Gasteiger partial charge in [0.1, 0.15) is 0 Å². The Balaban J connectivity index is 1.95. The Morgan fingerprint density at radius 1 is 0.815 bits per heavy atom. The molecule has 0 aliphatic heterocycles. The lowest BCUT2D eigenvalue weighted by molar-refractivity contribution is 0.0526. The molecule has 0 heterocycles. The van der Waals surface area contributed by atoms with E-state index in [1.165, 1.54) is 0 Å². The molecule has 0 fully saturated rings. The highest BCUT2D eigenvalue weighted by molar-refractivity contribution is 6.05. The minimum atomic E-state index is -0.400. The van der Waals surface area contributed by atoms with E-state index in [-0.39, 0.29) is 11.8 Å². The lowest BCUT2D eigenvalue weighted by Gasteiger charge is -2.08. The average Bonchev–Trinajstić information content (AvgIpc) is 2.69. The summed E-state index contributed by atoms with van der Waals surface area (Å²) in [6.07, 6.45) is 1.95. The molecule has 6 nitrogen and oxygen atoms in total. The number of rotatable bonds is 8. The molecule has 2 N–H and O–H groups in total. The second kappa shape index (κ2) is 10.1. The van der Waals surface area contributed by atoms with Crippen LogP contribution in [-0.4, -0.2) is 30.9 Å². The van der Waals surface area contributed by atoms with E-state index in [1.807, 2.05) is 0 Å². The minimum Gasteiger partial charge on any atom is -0.462 e. The summed E-state index contributed by atoms with van der Waals surface area (Å²) >= 11 is 0. The first kappa shape index (κ1) is 20.2. The predicted octanol–water partition coefficient (Wildman–Crippen LogP) is 3.65. The van der Waals surface area contributed by atoms with Gasteiger partial charge in [0, 0.05) is 23.4 Å². The number of esters is 1. The van der Waals surface area contributed by atoms with Gasteiger partial charge in [-0.25, -0.2) is 4.79 Å². The number of nitrogens with one attached hydrogen (secondary N) is 2. The molecule has 2 amide bonds. The van der Waals surface area contributed by atoms with E-state index < -0.39 is 5.97 Å². The Kier molecular flexibility index (Phi) is 7.55. The first-order chi connectivity index (χ1) is 13.0. The van der Waals surface area contributed by atoms with Crippen LogP contribution in [0.2, 0.25) is 0 Å². The van der Waals surface area contributed by atoms with Crippen LogP contribution in [-0.2, 0) is 4.74 Å². The smallest absolute Gasteiger partial charge is 0.338 e. The average molecular weight is 368 g/mol. The van der Waals surface area contributed by atoms with Crippen LogP contribution in [0.4, 0.5) is 5.69 Å². The van der Waals surface area contributed by atoms with Crippen LogP contribution >= 0.6 is 0 Å². The largest absolute Gasteiger partial charge is 0.462 e. The van der Waals surface area contributed by atoms with E-state index in [0.29, 0.717) is 35.5 Å². The molecule has 0 aliphatic rings. The molecule has 0 saturated heterocycles. The van der Waals surface area contributed by atoms with Crippen LogP contribution < -0.4 is 10.6 Å². The Morgan fingerprint density at radius 3 is 1.93 bits per heavy atom. The van der Waals surface area contributed by atoms with Gasteiger partial charge >= 0.3 is 5.97 Å². The molecule has 2 rings (SSSR count). The molecule has 2 aromatic carbocycles. The fourth-order valence-corrected chi connectivity index (χ4v) is 2.36. The number of hydrogen-bond acceptors (Lipinski definition) is 4. The molecular weight excluding hydrogens is 344 g/mol. The molecule has 0 unspecified atom stereocenters. The third-order valence-corrected chi connectivity index (χ3v) is 3.88. The van der Waals surface area contributed by atoms with E-state index in [9.17, 15) is 14.4 Å². The molecule has 0 spiro atoms. The molecular formula is C21H24N2O4. The summed E-state index contributed by atoms with van der Waals surface area (Å²) in [7, 11) is 0. The van der Waals surface area contributed by atoms with Crippen molar-refractivity contribution < 1.29 is 19.1 Å². The Morgan fingerprint density at radius 2 is 1.37 bits per heavy atom. The van der Waals surface area contributed by atoms with Gasteiger partial charge < -0.3 is 15.4 Å². The number of carbonyl (C=O) groups is 3. The number of hydrogen-bond donors (Lipinski definition) is 2. The van der Waals surface area contributed by atoms with Gasteiger partial charge in [-0.1, -0.05) is 13.3 Å². The summed E-state index contributed by atoms with van der Waals surface area (Å²) in [4.78, 5) is 35.9. The predicted molar refractivity (Wildman–Crippen MR) is 104 cm³/mol. The maximum Gasteiger partial charge on any atom is 0.338 e. The number of amides is 2. The van der Waals surface area contributed by atoms with Crippen LogP contribution in [0.5, 0.6) is 0 Å². The Labute approximate surface area is 158 Å². The van der Waals surface area contributed by atoms with Gasteiger partial charge in [0.05, 0.1) is 12.2 Å².